The molecule has 0 aliphatic rings. The van der Waals surface area contributed by atoms with Crippen molar-refractivity contribution in [3.8, 4) is 0 Å². The maximum absolute atomic E-state index is 9.18. The van der Waals surface area contributed by atoms with Crippen LogP contribution in [0.4, 0.5) is 0 Å². The fraction of sp³-hybridized carbons (Fsp3) is 0.222. The molecule has 0 bridgehead atoms. The summed E-state index contributed by atoms with van der Waals surface area (Å²) in [4.78, 5) is 0. The van der Waals surface area contributed by atoms with Gasteiger partial charge < -0.3 is 9.67 Å². The summed E-state index contributed by atoms with van der Waals surface area (Å²) in [5.74, 6) is 0. The third-order valence-electron chi connectivity index (χ3n) is 3.80. The summed E-state index contributed by atoms with van der Waals surface area (Å²) in [6.45, 7) is 3.15. The maximum atomic E-state index is 9.18. The molecule has 0 saturated carbocycles. The van der Waals surface area contributed by atoms with Gasteiger partial charge in [-0.1, -0.05) is 37.3 Å². The van der Waals surface area contributed by atoms with Crippen LogP contribution >= 0.6 is 0 Å². The van der Waals surface area contributed by atoms with Gasteiger partial charge in [0.2, 0.25) is 0 Å². The number of nitrogens with zero attached hydrogens (tertiary/aromatic N) is 1. The second-order valence-electron chi connectivity index (χ2n) is 5.16. The molecule has 0 radical (unpaired) electrons. The van der Waals surface area contributed by atoms with E-state index in [9.17, 15) is 5.11 Å². The summed E-state index contributed by atoms with van der Waals surface area (Å²) >= 11 is 0. The molecule has 0 saturated heterocycles. The van der Waals surface area contributed by atoms with Crippen molar-refractivity contribution in [1.29, 1.82) is 0 Å². The largest absolute Gasteiger partial charge is 0.392 e. The highest BCUT2D eigenvalue weighted by Gasteiger charge is 2.03. The average Bonchev–Trinajstić information content (AvgIpc) is 2.90. The Hall–Kier alpha value is -2.06. The number of hydrogen-bond acceptors (Lipinski definition) is 1. The standard InChI is InChI=1S/C18H19NO/c1-2-14-3-5-15(6-4-14)12-19-10-9-17-11-16(13-20)7-8-18(17)19/h3-11,20H,2,12-13H2,1H3. The lowest BCUT2D eigenvalue weighted by Gasteiger charge is -2.07. The quantitative estimate of drug-likeness (QED) is 0.763. The predicted molar refractivity (Wildman–Crippen MR) is 82.8 cm³/mol. The van der Waals surface area contributed by atoms with Crippen molar-refractivity contribution in [2.45, 2.75) is 26.5 Å². The highest BCUT2D eigenvalue weighted by molar-refractivity contribution is 5.81. The first-order valence-corrected chi connectivity index (χ1v) is 7.06. The predicted octanol–water partition coefficient (Wildman–Crippen LogP) is 3.74. The molecule has 2 nitrogen and oxygen atoms in total. The maximum Gasteiger partial charge on any atom is 0.0682 e. The van der Waals surface area contributed by atoms with Crippen LogP contribution in [0.1, 0.15) is 23.6 Å². The summed E-state index contributed by atoms with van der Waals surface area (Å²) in [7, 11) is 0. The number of aliphatic hydroxyl groups excluding tert-OH is 1. The van der Waals surface area contributed by atoms with Gasteiger partial charge in [-0.15, -0.1) is 0 Å². The SMILES string of the molecule is CCc1ccc(Cn2ccc3cc(CO)ccc32)cc1. The van der Waals surface area contributed by atoms with Crippen molar-refractivity contribution >= 4 is 10.9 Å². The van der Waals surface area contributed by atoms with Gasteiger partial charge in [-0.3, -0.25) is 0 Å². The topological polar surface area (TPSA) is 25.2 Å². The lowest BCUT2D eigenvalue weighted by Crippen LogP contribution is -1.98. The molecular formula is C18H19NO. The van der Waals surface area contributed by atoms with E-state index in [1.54, 1.807) is 0 Å². The molecule has 2 heteroatoms. The van der Waals surface area contributed by atoms with Crippen LogP contribution in [0.2, 0.25) is 0 Å². The minimum absolute atomic E-state index is 0.0968. The van der Waals surface area contributed by atoms with Gasteiger partial charge in [0.25, 0.3) is 0 Å². The summed E-state index contributed by atoms with van der Waals surface area (Å²) in [6.07, 6.45) is 3.19. The Bertz CT molecular complexity index is 710. The van der Waals surface area contributed by atoms with E-state index in [1.807, 2.05) is 12.1 Å². The van der Waals surface area contributed by atoms with Crippen molar-refractivity contribution in [2.24, 2.45) is 0 Å². The highest BCUT2D eigenvalue weighted by Crippen LogP contribution is 2.19. The van der Waals surface area contributed by atoms with Crippen molar-refractivity contribution in [1.82, 2.24) is 4.57 Å². The van der Waals surface area contributed by atoms with Crippen LogP contribution in [-0.4, -0.2) is 9.67 Å². The third kappa shape index (κ3) is 2.47. The number of hydrogen-bond donors (Lipinski definition) is 1. The molecule has 0 spiro atoms. The molecule has 0 aliphatic carbocycles. The van der Waals surface area contributed by atoms with E-state index in [1.165, 1.54) is 22.0 Å². The van der Waals surface area contributed by atoms with E-state index < -0.39 is 0 Å². The molecule has 0 atom stereocenters. The van der Waals surface area contributed by atoms with Crippen molar-refractivity contribution in [2.75, 3.05) is 0 Å². The Balaban J connectivity index is 1.90. The Labute approximate surface area is 119 Å². The number of aryl methyl sites for hydroxylation is 1. The van der Waals surface area contributed by atoms with Crippen LogP contribution in [0.3, 0.4) is 0 Å². The number of aromatic nitrogens is 1. The molecule has 0 fully saturated rings. The molecule has 3 aromatic rings. The van der Waals surface area contributed by atoms with Crippen LogP contribution in [-0.2, 0) is 19.6 Å². The second kappa shape index (κ2) is 5.51. The summed E-state index contributed by atoms with van der Waals surface area (Å²) in [5, 5.41) is 10.4. The Morgan fingerprint density at radius 1 is 0.900 bits per heavy atom. The van der Waals surface area contributed by atoms with Gasteiger partial charge in [-0.25, -0.2) is 0 Å². The number of aliphatic hydroxyl groups is 1. The van der Waals surface area contributed by atoms with Crippen LogP contribution in [0, 0.1) is 0 Å². The summed E-state index contributed by atoms with van der Waals surface area (Å²) < 4.78 is 2.25. The van der Waals surface area contributed by atoms with E-state index in [-0.39, 0.29) is 6.61 Å². The first-order chi connectivity index (χ1) is 9.80. The Morgan fingerprint density at radius 2 is 1.60 bits per heavy atom. The van der Waals surface area contributed by atoms with Gasteiger partial charge in [0.15, 0.2) is 0 Å². The lowest BCUT2D eigenvalue weighted by atomic mass is 10.1. The minimum atomic E-state index is 0.0968. The Morgan fingerprint density at radius 3 is 2.30 bits per heavy atom. The smallest absolute Gasteiger partial charge is 0.0682 e. The zero-order chi connectivity index (χ0) is 13.9. The van der Waals surface area contributed by atoms with Crippen LogP contribution < -0.4 is 0 Å². The zero-order valence-corrected chi connectivity index (χ0v) is 11.7. The third-order valence-corrected chi connectivity index (χ3v) is 3.80. The van der Waals surface area contributed by atoms with Gasteiger partial charge in [0.1, 0.15) is 0 Å². The molecule has 0 aliphatic heterocycles. The van der Waals surface area contributed by atoms with Crippen LogP contribution in [0.25, 0.3) is 10.9 Å². The van der Waals surface area contributed by atoms with E-state index in [2.05, 4.69) is 54.1 Å². The van der Waals surface area contributed by atoms with Gasteiger partial charge in [-0.05, 0) is 46.7 Å². The number of rotatable bonds is 4. The summed E-state index contributed by atoms with van der Waals surface area (Å²) in [5.41, 5.74) is 4.86. The van der Waals surface area contributed by atoms with Gasteiger partial charge in [0.05, 0.1) is 6.61 Å². The second-order valence-corrected chi connectivity index (χ2v) is 5.16. The molecule has 3 rings (SSSR count). The van der Waals surface area contributed by atoms with Crippen molar-refractivity contribution in [3.05, 3.63) is 71.4 Å². The first kappa shape index (κ1) is 12.9. The van der Waals surface area contributed by atoms with E-state index in [0.29, 0.717) is 0 Å². The fourth-order valence-electron chi connectivity index (χ4n) is 2.56. The van der Waals surface area contributed by atoms with E-state index in [0.717, 1.165) is 18.5 Å². The molecule has 0 amide bonds. The molecule has 1 heterocycles. The van der Waals surface area contributed by atoms with Gasteiger partial charge in [-0.2, -0.15) is 0 Å². The van der Waals surface area contributed by atoms with Crippen LogP contribution in [0.5, 0.6) is 0 Å². The monoisotopic (exact) mass is 265 g/mol. The minimum Gasteiger partial charge on any atom is -0.392 e. The zero-order valence-electron chi connectivity index (χ0n) is 11.7. The number of benzene rings is 2. The average molecular weight is 265 g/mol. The molecule has 1 N–H and O–H groups in total. The Kier molecular flexibility index (Phi) is 3.57. The first-order valence-electron chi connectivity index (χ1n) is 7.06. The summed E-state index contributed by atoms with van der Waals surface area (Å²) in [6, 6.07) is 17.0. The van der Waals surface area contributed by atoms with Gasteiger partial charge in [0, 0.05) is 18.3 Å². The van der Waals surface area contributed by atoms with E-state index >= 15 is 0 Å². The molecule has 1 aromatic heterocycles. The van der Waals surface area contributed by atoms with Crippen LogP contribution in [0.15, 0.2) is 54.7 Å². The molecule has 102 valence electrons. The molecular weight excluding hydrogens is 246 g/mol. The molecule has 2 aromatic carbocycles. The van der Waals surface area contributed by atoms with Crippen molar-refractivity contribution < 1.29 is 5.11 Å². The molecule has 0 unspecified atom stereocenters. The van der Waals surface area contributed by atoms with Gasteiger partial charge >= 0.3 is 0 Å². The van der Waals surface area contributed by atoms with Crippen molar-refractivity contribution in [3.63, 3.8) is 0 Å². The molecule has 20 heavy (non-hydrogen) atoms. The normalized spacial score (nSPS) is 11.1. The lowest BCUT2D eigenvalue weighted by molar-refractivity contribution is 0.282. The fourth-order valence-corrected chi connectivity index (χ4v) is 2.56. The number of fused-ring (bicyclic) bond motifs is 1. The highest BCUT2D eigenvalue weighted by atomic mass is 16.3. The van der Waals surface area contributed by atoms with E-state index in [4.69, 9.17) is 0 Å².